The first-order valence-corrected chi connectivity index (χ1v) is 10.3. The predicted octanol–water partition coefficient (Wildman–Crippen LogP) is 4.64. The molecule has 1 aromatic heterocycles. The van der Waals surface area contributed by atoms with Crippen molar-refractivity contribution in [3.63, 3.8) is 0 Å². The molecular formula is C22H27ClN2O5. The van der Waals surface area contributed by atoms with E-state index in [1.54, 1.807) is 25.1 Å². The van der Waals surface area contributed by atoms with Gasteiger partial charge in [0.2, 0.25) is 0 Å². The molecule has 0 saturated heterocycles. The summed E-state index contributed by atoms with van der Waals surface area (Å²) in [6, 6.07) is 1.84. The number of pyridine rings is 1. The third-order valence-corrected chi connectivity index (χ3v) is 5.24. The molecule has 0 aliphatic carbocycles. The Hall–Kier alpha value is -2.54. The minimum atomic E-state index is -0.566. The van der Waals surface area contributed by atoms with E-state index in [0.29, 0.717) is 42.4 Å². The number of nitrogens with zero attached hydrogens (tertiary/aromatic N) is 2. The summed E-state index contributed by atoms with van der Waals surface area (Å²) in [7, 11) is 1.55. The number of aromatic nitrogens is 1. The van der Waals surface area contributed by atoms with E-state index in [4.69, 9.17) is 25.8 Å². The molecule has 0 atom stereocenters. The van der Waals surface area contributed by atoms with Crippen LogP contribution in [-0.2, 0) is 33.8 Å². The van der Waals surface area contributed by atoms with E-state index < -0.39 is 5.60 Å². The molecule has 0 N–H and O–H groups in total. The Kier molecular flexibility index (Phi) is 6.41. The van der Waals surface area contributed by atoms with Crippen molar-refractivity contribution in [3.8, 4) is 5.75 Å². The lowest BCUT2D eigenvalue weighted by Crippen LogP contribution is -2.33. The fourth-order valence-corrected chi connectivity index (χ4v) is 3.83. The largest absolute Gasteiger partial charge is 0.495 e. The van der Waals surface area contributed by atoms with Gasteiger partial charge in [0.25, 0.3) is 0 Å². The number of amides is 1. The van der Waals surface area contributed by atoms with Gasteiger partial charge in [-0.3, -0.25) is 14.7 Å². The lowest BCUT2D eigenvalue weighted by atomic mass is 9.99. The van der Waals surface area contributed by atoms with Crippen molar-refractivity contribution in [1.29, 1.82) is 0 Å². The van der Waals surface area contributed by atoms with Crippen molar-refractivity contribution in [3.05, 3.63) is 34.0 Å². The molecular weight excluding hydrogens is 408 g/mol. The lowest BCUT2D eigenvalue weighted by molar-refractivity contribution is -0.143. The van der Waals surface area contributed by atoms with Gasteiger partial charge in [0.15, 0.2) is 0 Å². The monoisotopic (exact) mass is 434 g/mol. The zero-order valence-corrected chi connectivity index (χ0v) is 18.8. The second-order valence-corrected chi connectivity index (χ2v) is 8.55. The van der Waals surface area contributed by atoms with E-state index in [1.165, 1.54) is 0 Å². The van der Waals surface area contributed by atoms with Gasteiger partial charge in [-0.05, 0) is 51.3 Å². The molecule has 7 nitrogen and oxygen atoms in total. The molecule has 0 bridgehead atoms. The Morgan fingerprint density at radius 1 is 1.27 bits per heavy atom. The number of esters is 1. The lowest BCUT2D eigenvalue weighted by Gasteiger charge is -2.24. The van der Waals surface area contributed by atoms with Crippen LogP contribution in [0, 0.1) is 0 Å². The number of rotatable bonds is 5. The number of benzene rings is 1. The number of aryl methyl sites for hydroxylation is 1. The molecule has 0 fully saturated rings. The highest BCUT2D eigenvalue weighted by atomic mass is 35.5. The van der Waals surface area contributed by atoms with E-state index in [9.17, 15) is 9.59 Å². The minimum Gasteiger partial charge on any atom is -0.495 e. The Labute approximate surface area is 181 Å². The number of hydrogen-bond donors (Lipinski definition) is 0. The van der Waals surface area contributed by atoms with Gasteiger partial charge in [0.05, 0.1) is 37.3 Å². The van der Waals surface area contributed by atoms with Crippen LogP contribution in [0.5, 0.6) is 5.75 Å². The average Bonchev–Trinajstić information content (AvgIpc) is 3.10. The van der Waals surface area contributed by atoms with Gasteiger partial charge in [-0.2, -0.15) is 0 Å². The molecule has 1 aliphatic rings. The maximum Gasteiger partial charge on any atom is 0.410 e. The van der Waals surface area contributed by atoms with Crippen LogP contribution in [0.15, 0.2) is 12.3 Å². The van der Waals surface area contributed by atoms with Crippen LogP contribution >= 0.6 is 11.6 Å². The predicted molar refractivity (Wildman–Crippen MR) is 114 cm³/mol. The molecule has 8 heteroatoms. The molecule has 162 valence electrons. The molecule has 2 heterocycles. The first-order valence-electron chi connectivity index (χ1n) is 9.94. The smallest absolute Gasteiger partial charge is 0.410 e. The summed E-state index contributed by atoms with van der Waals surface area (Å²) in [6.07, 6.45) is 1.97. The van der Waals surface area contributed by atoms with Gasteiger partial charge in [-0.1, -0.05) is 11.6 Å². The van der Waals surface area contributed by atoms with Gasteiger partial charge in [0.1, 0.15) is 11.4 Å². The van der Waals surface area contributed by atoms with E-state index in [-0.39, 0.29) is 18.5 Å². The summed E-state index contributed by atoms with van der Waals surface area (Å²) in [5, 5.41) is 1.29. The molecule has 30 heavy (non-hydrogen) atoms. The summed E-state index contributed by atoms with van der Waals surface area (Å²) in [5.41, 5.74) is 2.81. The molecule has 0 saturated carbocycles. The average molecular weight is 435 g/mol. The molecule has 1 aromatic carbocycles. The number of methoxy groups -OCH3 is 1. The fraction of sp³-hybridized carbons (Fsp3) is 0.500. The SMILES string of the molecule is CCOC(=O)CCc1c(Cl)c(OC)cc2c3c(cnc12)CN(C(=O)OC(C)(C)C)C3. The highest BCUT2D eigenvalue weighted by molar-refractivity contribution is 6.34. The summed E-state index contributed by atoms with van der Waals surface area (Å²) >= 11 is 6.55. The summed E-state index contributed by atoms with van der Waals surface area (Å²) in [4.78, 5) is 30.7. The molecule has 1 amide bonds. The van der Waals surface area contributed by atoms with Crippen LogP contribution in [0.3, 0.4) is 0 Å². The van der Waals surface area contributed by atoms with Crippen LogP contribution in [-0.4, -0.2) is 41.3 Å². The van der Waals surface area contributed by atoms with Crippen LogP contribution in [0.1, 0.15) is 50.8 Å². The zero-order valence-electron chi connectivity index (χ0n) is 18.0. The van der Waals surface area contributed by atoms with Crippen LogP contribution < -0.4 is 4.74 Å². The Balaban J connectivity index is 1.98. The summed E-state index contributed by atoms with van der Waals surface area (Å²) in [5.74, 6) is 0.218. The van der Waals surface area contributed by atoms with E-state index in [0.717, 1.165) is 22.1 Å². The Morgan fingerprint density at radius 3 is 2.63 bits per heavy atom. The first kappa shape index (κ1) is 22.2. The Bertz CT molecular complexity index is 984. The normalized spacial score (nSPS) is 13.3. The highest BCUT2D eigenvalue weighted by Gasteiger charge is 2.30. The zero-order chi connectivity index (χ0) is 22.1. The second kappa shape index (κ2) is 8.68. The number of fused-ring (bicyclic) bond motifs is 3. The fourth-order valence-electron chi connectivity index (χ4n) is 3.52. The Morgan fingerprint density at radius 2 is 2.00 bits per heavy atom. The maximum absolute atomic E-state index is 12.5. The summed E-state index contributed by atoms with van der Waals surface area (Å²) < 4.78 is 16.0. The summed E-state index contributed by atoms with van der Waals surface area (Å²) in [6.45, 7) is 8.46. The van der Waals surface area contributed by atoms with Gasteiger partial charge < -0.3 is 14.2 Å². The van der Waals surface area contributed by atoms with Crippen molar-refractivity contribution in [2.45, 2.75) is 59.2 Å². The number of carbonyl (C=O) groups excluding carboxylic acids is 2. The van der Waals surface area contributed by atoms with E-state index in [1.807, 2.05) is 26.8 Å². The number of hydrogen-bond acceptors (Lipinski definition) is 6. The van der Waals surface area contributed by atoms with Crippen molar-refractivity contribution in [2.24, 2.45) is 0 Å². The van der Waals surface area contributed by atoms with Gasteiger partial charge in [-0.15, -0.1) is 0 Å². The third kappa shape index (κ3) is 4.61. The molecule has 0 spiro atoms. The van der Waals surface area contributed by atoms with Crippen molar-refractivity contribution in [2.75, 3.05) is 13.7 Å². The number of carbonyl (C=O) groups is 2. The number of halogens is 1. The van der Waals surface area contributed by atoms with E-state index in [2.05, 4.69) is 4.98 Å². The molecule has 0 radical (unpaired) electrons. The molecule has 1 aliphatic heterocycles. The van der Waals surface area contributed by atoms with E-state index >= 15 is 0 Å². The quantitative estimate of drug-likeness (QED) is 0.638. The standard InChI is InChI=1S/C22H27ClN2O5/c1-6-29-18(26)8-7-14-19(23)17(28-5)9-15-16-12-25(21(27)30-22(2,3)4)11-13(16)10-24-20(14)15/h9-10H,6-8,11-12H2,1-5H3. The highest BCUT2D eigenvalue weighted by Crippen LogP contribution is 2.39. The second-order valence-electron chi connectivity index (χ2n) is 8.17. The topological polar surface area (TPSA) is 78.0 Å². The molecule has 2 aromatic rings. The van der Waals surface area contributed by atoms with Gasteiger partial charge in [-0.25, -0.2) is 4.79 Å². The van der Waals surface area contributed by atoms with Crippen molar-refractivity contribution in [1.82, 2.24) is 9.88 Å². The van der Waals surface area contributed by atoms with Crippen LogP contribution in [0.2, 0.25) is 5.02 Å². The third-order valence-electron chi connectivity index (χ3n) is 4.83. The maximum atomic E-state index is 12.5. The first-order chi connectivity index (χ1) is 14.1. The van der Waals surface area contributed by atoms with Gasteiger partial charge >= 0.3 is 12.1 Å². The molecule has 3 rings (SSSR count). The van der Waals surface area contributed by atoms with Crippen molar-refractivity contribution < 1.29 is 23.8 Å². The van der Waals surface area contributed by atoms with Crippen LogP contribution in [0.25, 0.3) is 10.9 Å². The minimum absolute atomic E-state index is 0.193. The van der Waals surface area contributed by atoms with Crippen LogP contribution in [0.4, 0.5) is 4.79 Å². The van der Waals surface area contributed by atoms with Crippen molar-refractivity contribution >= 4 is 34.6 Å². The van der Waals surface area contributed by atoms with Gasteiger partial charge in [0, 0.05) is 23.6 Å². The number of ether oxygens (including phenoxy) is 3. The molecule has 0 unspecified atom stereocenters.